The number of amides is 1. The van der Waals surface area contributed by atoms with Crippen LogP contribution in [-0.2, 0) is 6.61 Å². The average Bonchev–Trinajstić information content (AvgIpc) is 2.80. The van der Waals surface area contributed by atoms with Gasteiger partial charge >= 0.3 is 0 Å². The number of nitrogens with one attached hydrogen (secondary N) is 1. The number of hydrogen-bond acceptors (Lipinski definition) is 4. The van der Waals surface area contributed by atoms with Crippen molar-refractivity contribution in [2.24, 2.45) is 5.10 Å². The fraction of sp³-hybridized carbons (Fsp3) is 0.200. The molecule has 3 aromatic rings. The van der Waals surface area contributed by atoms with Crippen molar-refractivity contribution in [1.29, 1.82) is 0 Å². The normalized spacial score (nSPS) is 10.9. The highest BCUT2D eigenvalue weighted by Gasteiger charge is 2.06. The molecule has 0 spiro atoms. The Morgan fingerprint density at radius 3 is 2.31 bits per heavy atom. The van der Waals surface area contributed by atoms with Crippen molar-refractivity contribution in [2.75, 3.05) is 18.0 Å². The molecule has 0 heterocycles. The Balaban J connectivity index is 1.52. The highest BCUT2D eigenvalue weighted by molar-refractivity contribution is 6.35. The van der Waals surface area contributed by atoms with Gasteiger partial charge in [0.15, 0.2) is 0 Å². The molecule has 0 fully saturated rings. The molecule has 166 valence electrons. The summed E-state index contributed by atoms with van der Waals surface area (Å²) in [5.41, 5.74) is 5.93. The van der Waals surface area contributed by atoms with Crippen LogP contribution >= 0.6 is 23.2 Å². The SMILES string of the molecule is CCN(CC)c1ccc(/C=N/NC(=O)c2ccc(OCc3ccc(Cl)cc3Cl)cc2)cc1. The third kappa shape index (κ3) is 6.49. The van der Waals surface area contributed by atoms with Crippen molar-refractivity contribution < 1.29 is 9.53 Å². The fourth-order valence-electron chi connectivity index (χ4n) is 3.09. The van der Waals surface area contributed by atoms with Crippen LogP contribution in [0.25, 0.3) is 0 Å². The number of ether oxygens (including phenoxy) is 1. The molecular weight excluding hydrogens is 445 g/mol. The minimum Gasteiger partial charge on any atom is -0.489 e. The molecule has 0 saturated heterocycles. The first-order chi connectivity index (χ1) is 15.5. The third-order valence-electron chi connectivity index (χ3n) is 4.93. The zero-order valence-corrected chi connectivity index (χ0v) is 19.5. The Bertz CT molecular complexity index is 1060. The minimum atomic E-state index is -0.298. The van der Waals surface area contributed by atoms with Gasteiger partial charge in [0.25, 0.3) is 5.91 Å². The van der Waals surface area contributed by atoms with Crippen LogP contribution in [0.5, 0.6) is 5.75 Å². The summed E-state index contributed by atoms with van der Waals surface area (Å²) in [5.74, 6) is 0.331. The van der Waals surface area contributed by atoms with Crippen LogP contribution in [0.4, 0.5) is 5.69 Å². The van der Waals surface area contributed by atoms with E-state index in [1.165, 1.54) is 0 Å². The number of hydrazone groups is 1. The first-order valence-corrected chi connectivity index (χ1v) is 11.1. The smallest absolute Gasteiger partial charge is 0.271 e. The molecular formula is C25H25Cl2N3O2. The maximum absolute atomic E-state index is 12.3. The molecule has 1 N–H and O–H groups in total. The summed E-state index contributed by atoms with van der Waals surface area (Å²) in [6, 6.07) is 20.1. The maximum Gasteiger partial charge on any atom is 0.271 e. The molecule has 7 heteroatoms. The number of benzene rings is 3. The van der Waals surface area contributed by atoms with Gasteiger partial charge < -0.3 is 9.64 Å². The zero-order valence-electron chi connectivity index (χ0n) is 18.0. The zero-order chi connectivity index (χ0) is 22.9. The topological polar surface area (TPSA) is 53.9 Å². The second kappa shape index (κ2) is 11.6. The van der Waals surface area contributed by atoms with E-state index in [0.29, 0.717) is 28.0 Å². The van der Waals surface area contributed by atoms with E-state index in [2.05, 4.69) is 29.3 Å². The van der Waals surface area contributed by atoms with Crippen LogP contribution in [0.1, 0.15) is 35.3 Å². The Labute approximate surface area is 198 Å². The average molecular weight is 470 g/mol. The van der Waals surface area contributed by atoms with Crippen molar-refractivity contribution in [2.45, 2.75) is 20.5 Å². The first kappa shape index (κ1) is 23.6. The monoisotopic (exact) mass is 469 g/mol. The summed E-state index contributed by atoms with van der Waals surface area (Å²) in [4.78, 5) is 14.6. The molecule has 0 saturated carbocycles. The second-order valence-corrected chi connectivity index (χ2v) is 7.86. The highest BCUT2D eigenvalue weighted by atomic mass is 35.5. The lowest BCUT2D eigenvalue weighted by Crippen LogP contribution is -2.21. The van der Waals surface area contributed by atoms with Crippen molar-refractivity contribution in [3.05, 3.63) is 93.5 Å². The second-order valence-electron chi connectivity index (χ2n) is 7.01. The van der Waals surface area contributed by atoms with Crippen LogP contribution in [0.15, 0.2) is 71.8 Å². The molecule has 3 aromatic carbocycles. The number of nitrogens with zero attached hydrogens (tertiary/aromatic N) is 2. The van der Waals surface area contributed by atoms with Gasteiger partial charge in [0, 0.05) is 39.9 Å². The Morgan fingerprint density at radius 1 is 1.00 bits per heavy atom. The van der Waals surface area contributed by atoms with Gasteiger partial charge in [-0.2, -0.15) is 5.10 Å². The van der Waals surface area contributed by atoms with Crippen LogP contribution in [0, 0.1) is 0 Å². The summed E-state index contributed by atoms with van der Waals surface area (Å²) in [6.07, 6.45) is 1.62. The molecule has 3 rings (SSSR count). The Hall–Kier alpha value is -3.02. The van der Waals surface area contributed by atoms with Gasteiger partial charge in [-0.15, -0.1) is 0 Å². The number of carbonyl (C=O) groups is 1. The highest BCUT2D eigenvalue weighted by Crippen LogP contribution is 2.23. The summed E-state index contributed by atoms with van der Waals surface area (Å²) < 4.78 is 5.74. The largest absolute Gasteiger partial charge is 0.489 e. The van der Waals surface area contributed by atoms with Crippen molar-refractivity contribution in [1.82, 2.24) is 5.43 Å². The van der Waals surface area contributed by atoms with Gasteiger partial charge in [0.2, 0.25) is 0 Å². The molecule has 0 aliphatic carbocycles. The molecule has 32 heavy (non-hydrogen) atoms. The molecule has 0 radical (unpaired) electrons. The van der Waals surface area contributed by atoms with Gasteiger partial charge in [0.1, 0.15) is 12.4 Å². The lowest BCUT2D eigenvalue weighted by atomic mass is 10.2. The minimum absolute atomic E-state index is 0.298. The molecule has 0 atom stereocenters. The van der Waals surface area contributed by atoms with Crippen molar-refractivity contribution in [3.63, 3.8) is 0 Å². The molecule has 0 aliphatic heterocycles. The first-order valence-electron chi connectivity index (χ1n) is 10.3. The number of anilines is 1. The van der Waals surface area contributed by atoms with Crippen molar-refractivity contribution in [3.8, 4) is 5.75 Å². The maximum atomic E-state index is 12.3. The lowest BCUT2D eigenvalue weighted by molar-refractivity contribution is 0.0955. The predicted octanol–water partition coefficient (Wildman–Crippen LogP) is 6.18. The van der Waals surface area contributed by atoms with Crippen LogP contribution in [-0.4, -0.2) is 25.2 Å². The molecule has 0 unspecified atom stereocenters. The van der Waals surface area contributed by atoms with E-state index in [0.717, 1.165) is 29.9 Å². The van der Waals surface area contributed by atoms with Crippen molar-refractivity contribution >= 4 is 41.0 Å². The molecule has 0 aliphatic rings. The summed E-state index contributed by atoms with van der Waals surface area (Å²) in [6.45, 7) is 6.47. The molecule has 0 aromatic heterocycles. The van der Waals surface area contributed by atoms with E-state index >= 15 is 0 Å². The van der Waals surface area contributed by atoms with Crippen LogP contribution in [0.2, 0.25) is 10.0 Å². The van der Waals surface area contributed by atoms with E-state index in [9.17, 15) is 4.79 Å². The Morgan fingerprint density at radius 2 is 1.69 bits per heavy atom. The molecule has 0 bridgehead atoms. The van der Waals surface area contributed by atoms with E-state index in [1.54, 1.807) is 42.6 Å². The van der Waals surface area contributed by atoms with Gasteiger partial charge in [-0.1, -0.05) is 41.4 Å². The summed E-state index contributed by atoms with van der Waals surface area (Å²) in [5, 5.41) is 5.18. The molecule has 5 nitrogen and oxygen atoms in total. The van der Waals surface area contributed by atoms with E-state index in [4.69, 9.17) is 27.9 Å². The number of hydrogen-bond donors (Lipinski definition) is 1. The van der Waals surface area contributed by atoms with Gasteiger partial charge in [-0.05, 0) is 67.9 Å². The van der Waals surface area contributed by atoms with Crippen LogP contribution < -0.4 is 15.1 Å². The van der Waals surface area contributed by atoms with Gasteiger partial charge in [-0.3, -0.25) is 4.79 Å². The standard InChI is InChI=1S/C25H25Cl2N3O2/c1-3-30(4-2)22-11-5-18(6-12-22)16-28-29-25(31)19-8-13-23(14-9-19)32-17-20-7-10-21(26)15-24(20)27/h5-16H,3-4,17H2,1-2H3,(H,29,31)/b28-16+. The summed E-state index contributed by atoms with van der Waals surface area (Å²) in [7, 11) is 0. The number of carbonyl (C=O) groups excluding carboxylic acids is 1. The van der Waals surface area contributed by atoms with E-state index in [1.807, 2.05) is 30.3 Å². The predicted molar refractivity (Wildman–Crippen MR) is 132 cm³/mol. The van der Waals surface area contributed by atoms with Gasteiger partial charge in [-0.25, -0.2) is 5.43 Å². The lowest BCUT2D eigenvalue weighted by Gasteiger charge is -2.20. The Kier molecular flexibility index (Phi) is 8.54. The quantitative estimate of drug-likeness (QED) is 0.300. The van der Waals surface area contributed by atoms with E-state index < -0.39 is 0 Å². The third-order valence-corrected chi connectivity index (χ3v) is 5.51. The fourth-order valence-corrected chi connectivity index (χ4v) is 3.56. The van der Waals surface area contributed by atoms with Crippen LogP contribution in [0.3, 0.4) is 0 Å². The van der Waals surface area contributed by atoms with Gasteiger partial charge in [0.05, 0.1) is 6.21 Å². The van der Waals surface area contributed by atoms with E-state index in [-0.39, 0.29) is 5.91 Å². The molecule has 1 amide bonds. The summed E-state index contributed by atoms with van der Waals surface area (Å²) >= 11 is 12.1. The number of halogens is 2. The number of rotatable bonds is 9.